The number of hydrogen-bond acceptors (Lipinski definition) is 0. The van der Waals surface area contributed by atoms with Crippen LogP contribution in [0.5, 0.6) is 0 Å². The Labute approximate surface area is 134 Å². The normalized spacial score (nSPS) is 35.0. The van der Waals surface area contributed by atoms with E-state index in [4.69, 9.17) is 0 Å². The summed E-state index contributed by atoms with van der Waals surface area (Å²) in [4.78, 5) is 1.62. The molecule has 1 aliphatic carbocycles. The van der Waals surface area contributed by atoms with E-state index in [-0.39, 0.29) is 5.41 Å². The van der Waals surface area contributed by atoms with Gasteiger partial charge in [0.05, 0.1) is 0 Å². The van der Waals surface area contributed by atoms with Crippen LogP contribution in [0.25, 0.3) is 0 Å². The molecule has 2 bridgehead atoms. The lowest BCUT2D eigenvalue weighted by Crippen LogP contribution is -2.35. The summed E-state index contributed by atoms with van der Waals surface area (Å²) in [5.74, 6) is 1.86. The Morgan fingerprint density at radius 3 is 2.24 bits per heavy atom. The Kier molecular flexibility index (Phi) is 3.72. The van der Waals surface area contributed by atoms with Crippen molar-refractivity contribution in [3.8, 4) is 0 Å². The molecule has 0 amide bonds. The van der Waals surface area contributed by atoms with Gasteiger partial charge in [-0.3, -0.25) is 0 Å². The maximum Gasteiger partial charge on any atom is 0.155 e. The van der Waals surface area contributed by atoms with E-state index in [1.54, 1.807) is 4.90 Å². The molecule has 1 aromatic rings. The minimum Gasteiger partial charge on any atom is -0.0577 e. The van der Waals surface area contributed by atoms with Gasteiger partial charge < -0.3 is 0 Å². The Balaban J connectivity index is 1.95. The highest BCUT2D eigenvalue weighted by molar-refractivity contribution is 7.99. The molecule has 21 heavy (non-hydrogen) atoms. The largest absolute Gasteiger partial charge is 0.155 e. The molecule has 1 saturated heterocycles. The van der Waals surface area contributed by atoms with E-state index in [0.29, 0.717) is 15.6 Å². The quantitative estimate of drug-likeness (QED) is 0.596. The van der Waals surface area contributed by atoms with Gasteiger partial charge >= 0.3 is 0 Å². The second-order valence-corrected chi connectivity index (χ2v) is 11.5. The molecule has 4 atom stereocenters. The van der Waals surface area contributed by atoms with Crippen molar-refractivity contribution in [2.75, 3.05) is 0 Å². The van der Waals surface area contributed by atoms with Crippen LogP contribution in [-0.2, 0) is 16.3 Å². The van der Waals surface area contributed by atoms with Crippen molar-refractivity contribution in [1.29, 1.82) is 0 Å². The Morgan fingerprint density at radius 1 is 1.05 bits per heavy atom. The van der Waals surface area contributed by atoms with Crippen molar-refractivity contribution < 1.29 is 0 Å². The summed E-state index contributed by atoms with van der Waals surface area (Å²) in [6.45, 7) is 14.5. The van der Waals surface area contributed by atoms with Gasteiger partial charge in [0.2, 0.25) is 0 Å². The lowest BCUT2D eigenvalue weighted by atomic mass is 9.78. The average molecular weight is 304 g/mol. The van der Waals surface area contributed by atoms with Crippen LogP contribution in [0.4, 0.5) is 0 Å². The van der Waals surface area contributed by atoms with Crippen molar-refractivity contribution >= 4 is 10.9 Å². The van der Waals surface area contributed by atoms with E-state index in [9.17, 15) is 0 Å². The van der Waals surface area contributed by atoms with E-state index >= 15 is 0 Å². The molecule has 0 radical (unpaired) electrons. The zero-order chi connectivity index (χ0) is 15.4. The van der Waals surface area contributed by atoms with Gasteiger partial charge in [-0.05, 0) is 49.8 Å². The van der Waals surface area contributed by atoms with E-state index < -0.39 is 0 Å². The molecule has 1 heteroatoms. The predicted octanol–water partition coefficient (Wildman–Crippen LogP) is 5.56. The Hall–Kier alpha value is -0.430. The summed E-state index contributed by atoms with van der Waals surface area (Å²) in [5, 5.41) is 0.930. The van der Waals surface area contributed by atoms with Crippen LogP contribution < -0.4 is 0 Å². The molecule has 3 rings (SSSR count). The highest BCUT2D eigenvalue weighted by Gasteiger charge is 2.61. The molecule has 0 spiro atoms. The molecule has 1 aliphatic heterocycles. The van der Waals surface area contributed by atoms with Crippen LogP contribution in [0, 0.1) is 11.8 Å². The van der Waals surface area contributed by atoms with Gasteiger partial charge in [0.15, 0.2) is 4.90 Å². The molecule has 116 valence electrons. The van der Waals surface area contributed by atoms with Crippen molar-refractivity contribution in [2.45, 2.75) is 81.1 Å². The molecule has 1 saturated carbocycles. The van der Waals surface area contributed by atoms with Gasteiger partial charge in [-0.1, -0.05) is 39.8 Å². The third kappa shape index (κ3) is 2.56. The van der Waals surface area contributed by atoms with Gasteiger partial charge in [-0.2, -0.15) is 0 Å². The van der Waals surface area contributed by atoms with E-state index in [1.807, 2.05) is 0 Å². The fourth-order valence-electron chi connectivity index (χ4n) is 4.39. The van der Waals surface area contributed by atoms with Gasteiger partial charge in [-0.25, -0.2) is 0 Å². The van der Waals surface area contributed by atoms with E-state index in [2.05, 4.69) is 65.8 Å². The number of hydrogen-bond donors (Lipinski definition) is 0. The van der Waals surface area contributed by atoms with E-state index in [0.717, 1.165) is 17.1 Å². The summed E-state index contributed by atoms with van der Waals surface area (Å²) in [5.41, 5.74) is 1.72. The minimum atomic E-state index is 0.260. The van der Waals surface area contributed by atoms with E-state index in [1.165, 1.54) is 24.8 Å². The first-order valence-corrected chi connectivity index (χ1v) is 9.84. The molecular weight excluding hydrogens is 272 g/mol. The van der Waals surface area contributed by atoms with Crippen molar-refractivity contribution in [3.05, 3.63) is 29.8 Å². The molecule has 1 aromatic carbocycles. The Bertz CT molecular complexity index is 506. The van der Waals surface area contributed by atoms with Crippen LogP contribution in [0.2, 0.25) is 0 Å². The number of rotatable bonds is 1. The number of fused-ring (bicyclic) bond motifs is 2. The molecule has 0 aromatic heterocycles. The average Bonchev–Trinajstić information content (AvgIpc) is 2.62. The van der Waals surface area contributed by atoms with Crippen LogP contribution in [0.1, 0.15) is 66.4 Å². The van der Waals surface area contributed by atoms with Crippen LogP contribution in [-0.4, -0.2) is 10.00 Å². The summed E-state index contributed by atoms with van der Waals surface area (Å²) < 4.78 is 0.499. The van der Waals surface area contributed by atoms with Crippen LogP contribution in [0.15, 0.2) is 29.2 Å². The van der Waals surface area contributed by atoms with Gasteiger partial charge in [0.25, 0.3) is 0 Å². The summed E-state index contributed by atoms with van der Waals surface area (Å²) in [6, 6.07) is 9.65. The molecule has 4 unspecified atom stereocenters. The molecule has 1 heterocycles. The highest BCUT2D eigenvalue weighted by atomic mass is 32.2. The summed E-state index contributed by atoms with van der Waals surface area (Å²) >= 11 is 0. The Morgan fingerprint density at radius 2 is 1.67 bits per heavy atom. The minimum absolute atomic E-state index is 0.260. The monoisotopic (exact) mass is 303 g/mol. The van der Waals surface area contributed by atoms with Crippen molar-refractivity contribution in [2.24, 2.45) is 11.8 Å². The topological polar surface area (TPSA) is 0 Å². The lowest BCUT2D eigenvalue weighted by molar-refractivity contribution is 0.290. The molecular formula is C20H31S+. The third-order valence-electron chi connectivity index (χ3n) is 5.95. The van der Waals surface area contributed by atoms with Crippen LogP contribution >= 0.6 is 0 Å². The van der Waals surface area contributed by atoms with Crippen molar-refractivity contribution in [3.63, 3.8) is 0 Å². The zero-order valence-corrected chi connectivity index (χ0v) is 15.4. The summed E-state index contributed by atoms with van der Waals surface area (Å²) in [6.07, 6.45) is 4.37. The van der Waals surface area contributed by atoms with Crippen LogP contribution in [0.3, 0.4) is 0 Å². The second kappa shape index (κ2) is 5.05. The van der Waals surface area contributed by atoms with Gasteiger partial charge in [0.1, 0.15) is 10.00 Å². The first-order chi connectivity index (χ1) is 9.71. The first-order valence-electron chi connectivity index (χ1n) is 8.55. The SMILES string of the molecule is CC1CCC2CC1[S+](c1ccc(C(C)(C)C)cc1)C2(C)C. The van der Waals surface area contributed by atoms with Gasteiger partial charge in [0, 0.05) is 29.2 Å². The number of benzene rings is 1. The van der Waals surface area contributed by atoms with Crippen molar-refractivity contribution in [1.82, 2.24) is 0 Å². The van der Waals surface area contributed by atoms with Gasteiger partial charge in [-0.15, -0.1) is 0 Å². The highest BCUT2D eigenvalue weighted by Crippen LogP contribution is 2.54. The standard InChI is InChI=1S/C20H31S/c1-14-7-8-16-13-18(14)21(20(16,5)6)17-11-9-15(10-12-17)19(2,3)4/h9-12,14,16,18H,7-8,13H2,1-6H3/q+1. The predicted molar refractivity (Wildman–Crippen MR) is 95.1 cm³/mol. The molecule has 2 fully saturated rings. The molecule has 0 N–H and O–H groups in total. The molecule has 0 nitrogen and oxygen atoms in total. The third-order valence-corrected chi connectivity index (χ3v) is 9.46. The smallest absolute Gasteiger partial charge is 0.0577 e. The maximum atomic E-state index is 2.54. The first kappa shape index (κ1) is 15.5. The summed E-state index contributed by atoms with van der Waals surface area (Å²) in [7, 11) is 0.428. The lowest BCUT2D eigenvalue weighted by Gasteiger charge is -2.25. The second-order valence-electron chi connectivity index (χ2n) is 8.74. The maximum absolute atomic E-state index is 2.54. The molecule has 2 aliphatic rings. The fourth-order valence-corrected chi connectivity index (χ4v) is 8.16. The zero-order valence-electron chi connectivity index (χ0n) is 14.6. The fraction of sp³-hybridized carbons (Fsp3) is 0.700.